The van der Waals surface area contributed by atoms with Gasteiger partial charge in [0.1, 0.15) is 5.52 Å². The molecule has 0 N–H and O–H groups in total. The molecular formula is C22H25N3O6S2. The SMILES string of the molecule is COc1cc2c(cc1OC)CN(C(=O)CSc1nc3cc(S(=O)(=O)N(C)C)ccc3o1)CC2. The van der Waals surface area contributed by atoms with Gasteiger partial charge in [-0.05, 0) is 47.9 Å². The standard InChI is InChI=1S/C22H25N3O6S2/c1-24(2)33(27,28)16-5-6-18-17(11-16)23-22(31-18)32-13-21(26)25-8-7-14-9-19(29-3)20(30-4)10-15(14)12-25/h5-6,9-11H,7-8,12-13H2,1-4H3. The molecule has 33 heavy (non-hydrogen) atoms. The van der Waals surface area contributed by atoms with Crippen molar-refractivity contribution in [1.29, 1.82) is 0 Å². The van der Waals surface area contributed by atoms with Crippen molar-refractivity contribution in [2.45, 2.75) is 23.1 Å². The first-order chi connectivity index (χ1) is 15.7. The molecular weight excluding hydrogens is 466 g/mol. The van der Waals surface area contributed by atoms with Crippen LogP contribution in [0, 0.1) is 0 Å². The first-order valence-electron chi connectivity index (χ1n) is 10.2. The van der Waals surface area contributed by atoms with Crippen LogP contribution in [0.2, 0.25) is 0 Å². The van der Waals surface area contributed by atoms with Gasteiger partial charge in [-0.1, -0.05) is 11.8 Å². The average Bonchev–Trinajstić information content (AvgIpc) is 3.23. The largest absolute Gasteiger partial charge is 0.493 e. The number of benzene rings is 2. The van der Waals surface area contributed by atoms with Gasteiger partial charge in [-0.25, -0.2) is 17.7 Å². The number of hydrogen-bond acceptors (Lipinski definition) is 8. The summed E-state index contributed by atoms with van der Waals surface area (Å²) in [6.07, 6.45) is 0.734. The van der Waals surface area contributed by atoms with Gasteiger partial charge in [0.15, 0.2) is 17.1 Å². The molecule has 11 heteroatoms. The van der Waals surface area contributed by atoms with Crippen molar-refractivity contribution in [3.8, 4) is 11.5 Å². The lowest BCUT2D eigenvalue weighted by molar-refractivity contribution is -0.129. The van der Waals surface area contributed by atoms with E-state index in [1.165, 1.54) is 38.0 Å². The minimum Gasteiger partial charge on any atom is -0.493 e. The Hall–Kier alpha value is -2.76. The van der Waals surface area contributed by atoms with Crippen LogP contribution in [-0.4, -0.2) is 69.1 Å². The number of fused-ring (bicyclic) bond motifs is 2. The van der Waals surface area contributed by atoms with Crippen molar-refractivity contribution in [1.82, 2.24) is 14.2 Å². The molecule has 2 aromatic carbocycles. The number of thioether (sulfide) groups is 1. The first kappa shape index (κ1) is 23.4. The Morgan fingerprint density at radius 3 is 2.52 bits per heavy atom. The fourth-order valence-electron chi connectivity index (χ4n) is 3.63. The number of rotatable bonds is 7. The number of hydrogen-bond donors (Lipinski definition) is 0. The molecule has 0 atom stereocenters. The van der Waals surface area contributed by atoms with Crippen LogP contribution in [0.15, 0.2) is 44.9 Å². The highest BCUT2D eigenvalue weighted by atomic mass is 32.2. The monoisotopic (exact) mass is 491 g/mol. The summed E-state index contributed by atoms with van der Waals surface area (Å²) in [6, 6.07) is 8.42. The van der Waals surface area contributed by atoms with E-state index < -0.39 is 10.0 Å². The first-order valence-corrected chi connectivity index (χ1v) is 12.6. The van der Waals surface area contributed by atoms with Gasteiger partial charge in [0, 0.05) is 27.2 Å². The molecule has 0 radical (unpaired) electrons. The second kappa shape index (κ2) is 9.24. The Labute approximate surface area is 196 Å². The Balaban J connectivity index is 1.44. The smallest absolute Gasteiger partial charge is 0.257 e. The highest BCUT2D eigenvalue weighted by molar-refractivity contribution is 7.99. The molecule has 1 amide bonds. The quantitative estimate of drug-likeness (QED) is 0.465. The van der Waals surface area contributed by atoms with Crippen LogP contribution >= 0.6 is 11.8 Å². The highest BCUT2D eigenvalue weighted by Gasteiger charge is 2.24. The van der Waals surface area contributed by atoms with Crippen LogP contribution in [0.25, 0.3) is 11.1 Å². The van der Waals surface area contributed by atoms with Gasteiger partial charge < -0.3 is 18.8 Å². The lowest BCUT2D eigenvalue weighted by Gasteiger charge is -2.29. The zero-order valence-electron chi connectivity index (χ0n) is 18.8. The van der Waals surface area contributed by atoms with Gasteiger partial charge in [-0.2, -0.15) is 0 Å². The van der Waals surface area contributed by atoms with Crippen LogP contribution in [-0.2, 0) is 27.8 Å². The number of sulfonamides is 1. The van der Waals surface area contributed by atoms with Crippen molar-refractivity contribution in [2.24, 2.45) is 0 Å². The average molecular weight is 492 g/mol. The number of carbonyl (C=O) groups excluding carboxylic acids is 1. The Morgan fingerprint density at radius 2 is 1.85 bits per heavy atom. The van der Waals surface area contributed by atoms with E-state index in [0.29, 0.717) is 40.9 Å². The number of methoxy groups -OCH3 is 2. The molecule has 3 aromatic rings. The van der Waals surface area contributed by atoms with Crippen molar-refractivity contribution in [2.75, 3.05) is 40.6 Å². The van der Waals surface area contributed by atoms with Crippen LogP contribution in [0.4, 0.5) is 0 Å². The zero-order chi connectivity index (χ0) is 23.8. The van der Waals surface area contributed by atoms with Crippen LogP contribution < -0.4 is 9.47 Å². The molecule has 176 valence electrons. The fraction of sp³-hybridized carbons (Fsp3) is 0.364. The molecule has 0 aliphatic carbocycles. The maximum Gasteiger partial charge on any atom is 0.257 e. The van der Waals surface area contributed by atoms with Gasteiger partial charge in [-0.15, -0.1) is 0 Å². The minimum atomic E-state index is -3.57. The molecule has 2 heterocycles. The number of aromatic nitrogens is 1. The van der Waals surface area contributed by atoms with Crippen LogP contribution in [0.3, 0.4) is 0 Å². The topological polar surface area (TPSA) is 102 Å². The number of amides is 1. The molecule has 1 aliphatic rings. The predicted molar refractivity (Wildman–Crippen MR) is 124 cm³/mol. The van der Waals surface area contributed by atoms with E-state index >= 15 is 0 Å². The van der Waals surface area contributed by atoms with E-state index in [0.717, 1.165) is 21.9 Å². The summed E-state index contributed by atoms with van der Waals surface area (Å²) in [5.74, 6) is 1.46. The third-order valence-corrected chi connectivity index (χ3v) is 8.13. The number of carbonyl (C=O) groups is 1. The van der Waals surface area contributed by atoms with E-state index in [-0.39, 0.29) is 16.6 Å². The lowest BCUT2D eigenvalue weighted by atomic mass is 9.99. The number of oxazole rings is 1. The summed E-state index contributed by atoms with van der Waals surface area (Å²) in [5, 5.41) is 0.321. The highest BCUT2D eigenvalue weighted by Crippen LogP contribution is 2.33. The van der Waals surface area contributed by atoms with Crippen molar-refractivity contribution < 1.29 is 27.1 Å². The van der Waals surface area contributed by atoms with Gasteiger partial charge in [0.2, 0.25) is 15.9 Å². The van der Waals surface area contributed by atoms with E-state index in [9.17, 15) is 13.2 Å². The van der Waals surface area contributed by atoms with Gasteiger partial charge in [0.05, 0.1) is 24.9 Å². The van der Waals surface area contributed by atoms with Crippen LogP contribution in [0.1, 0.15) is 11.1 Å². The van der Waals surface area contributed by atoms with Crippen molar-refractivity contribution >= 4 is 38.8 Å². The van der Waals surface area contributed by atoms with E-state index in [2.05, 4.69) is 4.98 Å². The number of nitrogens with zero attached hydrogens (tertiary/aromatic N) is 3. The van der Waals surface area contributed by atoms with Crippen molar-refractivity contribution in [3.63, 3.8) is 0 Å². The number of ether oxygens (including phenoxy) is 2. The van der Waals surface area contributed by atoms with Crippen molar-refractivity contribution in [3.05, 3.63) is 41.5 Å². The van der Waals surface area contributed by atoms with Gasteiger partial charge in [0.25, 0.3) is 5.22 Å². The lowest BCUT2D eigenvalue weighted by Crippen LogP contribution is -2.37. The molecule has 9 nitrogen and oxygen atoms in total. The van der Waals surface area contributed by atoms with Gasteiger partial charge in [-0.3, -0.25) is 4.79 Å². The molecule has 0 saturated heterocycles. The summed E-state index contributed by atoms with van der Waals surface area (Å²) < 4.78 is 42.2. The molecule has 0 bridgehead atoms. The normalized spacial score (nSPS) is 13.9. The maximum absolute atomic E-state index is 12.8. The summed E-state index contributed by atoms with van der Waals surface area (Å²) in [7, 11) is 2.57. The second-order valence-electron chi connectivity index (χ2n) is 7.73. The van der Waals surface area contributed by atoms with E-state index in [1.54, 1.807) is 25.2 Å². The third kappa shape index (κ3) is 4.66. The molecule has 1 aromatic heterocycles. The molecule has 0 saturated carbocycles. The molecule has 0 spiro atoms. The van der Waals surface area contributed by atoms with Gasteiger partial charge >= 0.3 is 0 Å². The Morgan fingerprint density at radius 1 is 1.15 bits per heavy atom. The Bertz CT molecular complexity index is 1300. The second-order valence-corrected chi connectivity index (χ2v) is 10.8. The maximum atomic E-state index is 12.8. The molecule has 0 unspecified atom stereocenters. The summed E-state index contributed by atoms with van der Waals surface area (Å²) in [4.78, 5) is 19.1. The zero-order valence-corrected chi connectivity index (χ0v) is 20.5. The summed E-state index contributed by atoms with van der Waals surface area (Å²) in [6.45, 7) is 1.11. The Kier molecular flexibility index (Phi) is 6.55. The minimum absolute atomic E-state index is 0.0291. The molecule has 1 aliphatic heterocycles. The van der Waals surface area contributed by atoms with E-state index in [1.807, 2.05) is 12.1 Å². The van der Waals surface area contributed by atoms with E-state index in [4.69, 9.17) is 13.9 Å². The summed E-state index contributed by atoms with van der Waals surface area (Å²) in [5.41, 5.74) is 3.08. The third-order valence-electron chi connectivity index (χ3n) is 5.51. The summed E-state index contributed by atoms with van der Waals surface area (Å²) >= 11 is 1.19. The van der Waals surface area contributed by atoms with Crippen LogP contribution in [0.5, 0.6) is 11.5 Å². The fourth-order valence-corrected chi connectivity index (χ4v) is 5.29. The molecule has 0 fully saturated rings. The molecule has 4 rings (SSSR count). The predicted octanol–water partition coefficient (Wildman–Crippen LogP) is 2.77.